The van der Waals surface area contributed by atoms with Gasteiger partial charge in [0.25, 0.3) is 5.91 Å². The highest BCUT2D eigenvalue weighted by atomic mass is 35.5. The van der Waals surface area contributed by atoms with Crippen LogP contribution >= 0.6 is 11.6 Å². The number of hydrogen-bond acceptors (Lipinski definition) is 3. The number of nitrogens with zero attached hydrogens (tertiary/aromatic N) is 1. The fraction of sp³-hybridized carbons (Fsp3) is 0.550. The normalized spacial score (nSPS) is 25.2. The highest BCUT2D eigenvalue weighted by Crippen LogP contribution is 2.36. The van der Waals surface area contributed by atoms with Crippen LogP contribution in [-0.4, -0.2) is 34.8 Å². The first-order valence-corrected chi connectivity index (χ1v) is 9.82. The summed E-state index contributed by atoms with van der Waals surface area (Å²) in [7, 11) is 0. The monoisotopic (exact) mass is 409 g/mol. The number of carbonyl (C=O) groups is 3. The molecule has 1 spiro atoms. The summed E-state index contributed by atoms with van der Waals surface area (Å²) in [6.07, 6.45) is 2.91. The Bertz CT molecular complexity index is 819. The van der Waals surface area contributed by atoms with Crippen molar-refractivity contribution in [3.8, 4) is 0 Å². The summed E-state index contributed by atoms with van der Waals surface area (Å²) in [6.45, 7) is 5.20. The Labute approximate surface area is 168 Å². The molecule has 2 N–H and O–H groups in total. The molecule has 8 heteroatoms. The van der Waals surface area contributed by atoms with E-state index in [9.17, 15) is 18.8 Å². The number of amides is 4. The second kappa shape index (κ2) is 7.35. The van der Waals surface area contributed by atoms with Gasteiger partial charge in [-0.3, -0.25) is 14.5 Å². The number of rotatable bonds is 4. The predicted molar refractivity (Wildman–Crippen MR) is 103 cm³/mol. The van der Waals surface area contributed by atoms with Crippen LogP contribution in [0.2, 0.25) is 5.02 Å². The third-order valence-electron chi connectivity index (χ3n) is 5.73. The lowest BCUT2D eigenvalue weighted by Crippen LogP contribution is -2.50. The third-order valence-corrected chi connectivity index (χ3v) is 6.04. The van der Waals surface area contributed by atoms with Crippen molar-refractivity contribution >= 4 is 29.4 Å². The van der Waals surface area contributed by atoms with Crippen molar-refractivity contribution in [3.05, 3.63) is 34.6 Å². The maximum Gasteiger partial charge on any atom is 0.325 e. The lowest BCUT2D eigenvalue weighted by atomic mass is 9.77. The van der Waals surface area contributed by atoms with Crippen LogP contribution in [0.3, 0.4) is 0 Å². The van der Waals surface area contributed by atoms with E-state index < -0.39 is 28.8 Å². The van der Waals surface area contributed by atoms with E-state index in [1.807, 2.05) is 0 Å². The zero-order valence-corrected chi connectivity index (χ0v) is 17.0. The zero-order valence-electron chi connectivity index (χ0n) is 16.3. The predicted octanol–water partition coefficient (Wildman–Crippen LogP) is 3.33. The highest BCUT2D eigenvalue weighted by Gasteiger charge is 2.52. The molecule has 1 aromatic rings. The lowest BCUT2D eigenvalue weighted by molar-refractivity contribution is -0.136. The fourth-order valence-electron chi connectivity index (χ4n) is 4.01. The molecule has 1 saturated carbocycles. The molecule has 1 aromatic carbocycles. The van der Waals surface area contributed by atoms with Crippen molar-refractivity contribution in [1.82, 2.24) is 15.5 Å². The highest BCUT2D eigenvalue weighted by molar-refractivity contribution is 6.31. The topological polar surface area (TPSA) is 78.5 Å². The molecule has 28 heavy (non-hydrogen) atoms. The second-order valence-corrected chi connectivity index (χ2v) is 8.79. The van der Waals surface area contributed by atoms with Crippen molar-refractivity contribution in [2.45, 2.75) is 57.5 Å². The molecule has 0 atom stereocenters. The van der Waals surface area contributed by atoms with Crippen LogP contribution in [0.25, 0.3) is 0 Å². The van der Waals surface area contributed by atoms with Crippen molar-refractivity contribution in [1.29, 1.82) is 0 Å². The Balaban J connectivity index is 1.69. The third kappa shape index (κ3) is 3.85. The Morgan fingerprint density at radius 3 is 2.61 bits per heavy atom. The second-order valence-electron chi connectivity index (χ2n) is 8.38. The SMILES string of the molecule is CC1CCC2(CC1)NC(=O)N(CC(=O)NC(C)(C)c1ccc(F)cc1Cl)C2=O. The van der Waals surface area contributed by atoms with Crippen molar-refractivity contribution in [2.75, 3.05) is 6.54 Å². The first kappa shape index (κ1) is 20.6. The van der Waals surface area contributed by atoms with E-state index in [4.69, 9.17) is 11.6 Å². The average molecular weight is 410 g/mol. The van der Waals surface area contributed by atoms with Gasteiger partial charge in [0, 0.05) is 5.02 Å². The fourth-order valence-corrected chi connectivity index (χ4v) is 4.41. The lowest BCUT2D eigenvalue weighted by Gasteiger charge is -2.33. The van der Waals surface area contributed by atoms with Gasteiger partial charge in [0.15, 0.2) is 0 Å². The summed E-state index contributed by atoms with van der Waals surface area (Å²) in [4.78, 5) is 38.8. The van der Waals surface area contributed by atoms with E-state index in [1.54, 1.807) is 13.8 Å². The van der Waals surface area contributed by atoms with Crippen LogP contribution in [0, 0.1) is 11.7 Å². The van der Waals surface area contributed by atoms with Gasteiger partial charge in [-0.25, -0.2) is 9.18 Å². The molecule has 1 aliphatic heterocycles. The summed E-state index contributed by atoms with van der Waals surface area (Å²) < 4.78 is 13.3. The molecule has 1 aliphatic carbocycles. The van der Waals surface area contributed by atoms with Gasteiger partial charge >= 0.3 is 6.03 Å². The number of halogens is 2. The molecule has 0 aromatic heterocycles. The summed E-state index contributed by atoms with van der Waals surface area (Å²) >= 11 is 6.10. The average Bonchev–Trinajstić information content (AvgIpc) is 2.81. The van der Waals surface area contributed by atoms with E-state index >= 15 is 0 Å². The summed E-state index contributed by atoms with van der Waals surface area (Å²) in [5, 5.41) is 5.77. The largest absolute Gasteiger partial charge is 0.346 e. The van der Waals surface area contributed by atoms with Crippen LogP contribution in [0.5, 0.6) is 0 Å². The zero-order chi connectivity index (χ0) is 20.7. The van der Waals surface area contributed by atoms with Crippen molar-refractivity contribution in [2.24, 2.45) is 5.92 Å². The van der Waals surface area contributed by atoms with Gasteiger partial charge in [0.05, 0.1) is 5.54 Å². The quantitative estimate of drug-likeness (QED) is 0.748. The molecule has 0 unspecified atom stereocenters. The molecular weight excluding hydrogens is 385 g/mol. The molecular formula is C20H25ClFN3O3. The molecule has 1 heterocycles. The van der Waals surface area contributed by atoms with Gasteiger partial charge in [-0.15, -0.1) is 0 Å². The molecule has 6 nitrogen and oxygen atoms in total. The molecule has 1 saturated heterocycles. The minimum Gasteiger partial charge on any atom is -0.346 e. The van der Waals surface area contributed by atoms with Crippen LogP contribution < -0.4 is 10.6 Å². The molecule has 0 bridgehead atoms. The Morgan fingerprint density at radius 1 is 1.36 bits per heavy atom. The number of urea groups is 1. The number of carbonyl (C=O) groups excluding carboxylic acids is 3. The number of imide groups is 1. The van der Waals surface area contributed by atoms with Gasteiger partial charge in [-0.2, -0.15) is 0 Å². The first-order chi connectivity index (χ1) is 13.0. The molecule has 0 radical (unpaired) electrons. The van der Waals surface area contributed by atoms with Crippen LogP contribution in [0.15, 0.2) is 18.2 Å². The Morgan fingerprint density at radius 2 is 2.00 bits per heavy atom. The van der Waals surface area contributed by atoms with Gasteiger partial charge < -0.3 is 10.6 Å². The standard InChI is InChI=1S/C20H25ClFN3O3/c1-12-6-8-20(9-7-12)17(27)25(18(28)24-20)11-16(26)23-19(2,3)14-5-4-13(22)10-15(14)21/h4-5,10,12H,6-9,11H2,1-3H3,(H,23,26)(H,24,28). The van der Waals surface area contributed by atoms with Gasteiger partial charge in [-0.1, -0.05) is 24.6 Å². The Kier molecular flexibility index (Phi) is 5.40. The minimum atomic E-state index is -0.904. The van der Waals surface area contributed by atoms with Crippen LogP contribution in [0.4, 0.5) is 9.18 Å². The number of benzene rings is 1. The van der Waals surface area contributed by atoms with E-state index in [1.165, 1.54) is 18.2 Å². The maximum absolute atomic E-state index is 13.3. The van der Waals surface area contributed by atoms with E-state index in [0.29, 0.717) is 24.3 Å². The van der Waals surface area contributed by atoms with Crippen molar-refractivity contribution < 1.29 is 18.8 Å². The van der Waals surface area contributed by atoms with Gasteiger partial charge in [-0.05, 0) is 63.1 Å². The number of hydrogen-bond donors (Lipinski definition) is 2. The van der Waals surface area contributed by atoms with Gasteiger partial charge in [0.1, 0.15) is 17.9 Å². The molecule has 4 amide bonds. The van der Waals surface area contributed by atoms with Crippen LogP contribution in [-0.2, 0) is 15.1 Å². The first-order valence-electron chi connectivity index (χ1n) is 9.45. The van der Waals surface area contributed by atoms with Crippen molar-refractivity contribution in [3.63, 3.8) is 0 Å². The van der Waals surface area contributed by atoms with E-state index in [-0.39, 0.29) is 17.5 Å². The molecule has 2 aliphatic rings. The minimum absolute atomic E-state index is 0.190. The van der Waals surface area contributed by atoms with E-state index in [2.05, 4.69) is 17.6 Å². The molecule has 2 fully saturated rings. The van der Waals surface area contributed by atoms with Crippen LogP contribution in [0.1, 0.15) is 52.0 Å². The molecule has 152 valence electrons. The van der Waals surface area contributed by atoms with E-state index in [0.717, 1.165) is 17.7 Å². The molecule has 3 rings (SSSR count). The summed E-state index contributed by atoms with van der Waals surface area (Å²) in [5.74, 6) is -0.775. The smallest absolute Gasteiger partial charge is 0.325 e. The summed E-state index contributed by atoms with van der Waals surface area (Å²) in [6, 6.07) is 3.41. The van der Waals surface area contributed by atoms with Gasteiger partial charge in [0.2, 0.25) is 5.91 Å². The Hall–Kier alpha value is -2.15. The maximum atomic E-state index is 13.3. The number of nitrogens with one attached hydrogen (secondary N) is 2. The summed E-state index contributed by atoms with van der Waals surface area (Å²) in [5.41, 5.74) is -1.24.